The first kappa shape index (κ1) is 13.1. The van der Waals surface area contributed by atoms with E-state index in [2.05, 4.69) is 76.6 Å². The largest absolute Gasteiger partial charge is 0.306 e. The molecule has 90 valence electrons. The number of benzene rings is 1. The summed E-state index contributed by atoms with van der Waals surface area (Å²) >= 11 is 4.16. The van der Waals surface area contributed by atoms with Gasteiger partial charge in [-0.2, -0.15) is 0 Å². The summed E-state index contributed by atoms with van der Waals surface area (Å²) in [4.78, 5) is 1.39. The van der Waals surface area contributed by atoms with Gasteiger partial charge in [0.25, 0.3) is 0 Å². The third-order valence-corrected chi connectivity index (χ3v) is 4.29. The highest BCUT2D eigenvalue weighted by Gasteiger charge is 2.13. The Morgan fingerprint density at radius 1 is 1.24 bits per heavy atom. The molecule has 0 saturated carbocycles. The van der Waals surface area contributed by atoms with Crippen molar-refractivity contribution < 1.29 is 0 Å². The van der Waals surface area contributed by atoms with E-state index in [1.165, 1.54) is 14.0 Å². The van der Waals surface area contributed by atoms with Gasteiger partial charge in [0.1, 0.15) is 0 Å². The molecule has 3 heteroatoms. The van der Waals surface area contributed by atoms with Gasteiger partial charge in [0.05, 0.1) is 6.04 Å². The van der Waals surface area contributed by atoms with E-state index in [1.54, 1.807) is 0 Å². The molecular weight excluding hydrogens is 341 g/mol. The second kappa shape index (κ2) is 6.52. The van der Waals surface area contributed by atoms with Crippen LogP contribution in [0.3, 0.4) is 0 Å². The van der Waals surface area contributed by atoms with Crippen molar-refractivity contribution in [2.45, 2.75) is 19.4 Å². The zero-order valence-electron chi connectivity index (χ0n) is 9.82. The Morgan fingerprint density at radius 2 is 2.00 bits per heavy atom. The Hall–Kier alpha value is -0.390. The molecule has 0 aliphatic rings. The molecule has 1 nitrogen and oxygen atoms in total. The lowest BCUT2D eigenvalue weighted by Gasteiger charge is -2.17. The minimum absolute atomic E-state index is 0.340. The van der Waals surface area contributed by atoms with Crippen molar-refractivity contribution >= 4 is 33.9 Å². The Balaban J connectivity index is 2.23. The number of halogens is 1. The fraction of sp³-hybridized carbons (Fsp3) is 0.286. The van der Waals surface area contributed by atoms with E-state index in [0.717, 1.165) is 13.0 Å². The standard InChI is InChI=1S/C14H16INS/c1-2-9-16-14(13-4-3-10-17-13)11-5-7-12(15)8-6-11/h3-8,10,14,16H,2,9H2,1H3. The molecule has 0 spiro atoms. The summed E-state index contributed by atoms with van der Waals surface area (Å²) < 4.78 is 1.28. The van der Waals surface area contributed by atoms with Crippen LogP contribution in [0.5, 0.6) is 0 Å². The van der Waals surface area contributed by atoms with Crippen LogP contribution in [0, 0.1) is 3.57 Å². The molecule has 0 radical (unpaired) electrons. The van der Waals surface area contributed by atoms with Gasteiger partial charge in [-0.1, -0.05) is 25.1 Å². The highest BCUT2D eigenvalue weighted by molar-refractivity contribution is 14.1. The van der Waals surface area contributed by atoms with Crippen LogP contribution in [-0.2, 0) is 0 Å². The zero-order chi connectivity index (χ0) is 12.1. The van der Waals surface area contributed by atoms with E-state index in [1.807, 2.05) is 11.3 Å². The quantitative estimate of drug-likeness (QED) is 0.780. The third-order valence-electron chi connectivity index (χ3n) is 2.63. The number of hydrogen-bond acceptors (Lipinski definition) is 2. The number of nitrogens with one attached hydrogen (secondary N) is 1. The average Bonchev–Trinajstić information content (AvgIpc) is 2.85. The molecule has 1 N–H and O–H groups in total. The Labute approximate surface area is 120 Å². The van der Waals surface area contributed by atoms with Gasteiger partial charge in [0, 0.05) is 8.45 Å². The Bertz CT molecular complexity index is 436. The predicted octanol–water partition coefficient (Wildman–Crippen LogP) is 4.44. The molecule has 2 rings (SSSR count). The molecule has 1 aromatic heterocycles. The molecule has 1 atom stereocenters. The predicted molar refractivity (Wildman–Crippen MR) is 83.6 cm³/mol. The highest BCUT2D eigenvalue weighted by atomic mass is 127. The van der Waals surface area contributed by atoms with E-state index in [9.17, 15) is 0 Å². The summed E-state index contributed by atoms with van der Waals surface area (Å²) in [6, 6.07) is 13.4. The van der Waals surface area contributed by atoms with Gasteiger partial charge in [-0.25, -0.2) is 0 Å². The summed E-state index contributed by atoms with van der Waals surface area (Å²) in [5.74, 6) is 0. The molecule has 0 fully saturated rings. The van der Waals surface area contributed by atoms with Crippen molar-refractivity contribution in [1.29, 1.82) is 0 Å². The van der Waals surface area contributed by atoms with Crippen LogP contribution in [0.1, 0.15) is 29.8 Å². The minimum atomic E-state index is 0.340. The topological polar surface area (TPSA) is 12.0 Å². The van der Waals surface area contributed by atoms with Crippen molar-refractivity contribution in [1.82, 2.24) is 5.32 Å². The van der Waals surface area contributed by atoms with E-state index in [-0.39, 0.29) is 0 Å². The van der Waals surface area contributed by atoms with Gasteiger partial charge >= 0.3 is 0 Å². The van der Waals surface area contributed by atoms with Crippen molar-refractivity contribution in [3.05, 3.63) is 55.8 Å². The molecule has 0 amide bonds. The Morgan fingerprint density at radius 3 is 2.59 bits per heavy atom. The second-order valence-corrected chi connectivity index (χ2v) is 6.18. The van der Waals surface area contributed by atoms with Gasteiger partial charge in [-0.3, -0.25) is 0 Å². The van der Waals surface area contributed by atoms with Crippen molar-refractivity contribution in [3.8, 4) is 0 Å². The van der Waals surface area contributed by atoms with Crippen LogP contribution in [0.15, 0.2) is 41.8 Å². The zero-order valence-corrected chi connectivity index (χ0v) is 12.8. The van der Waals surface area contributed by atoms with Crippen LogP contribution < -0.4 is 5.32 Å². The van der Waals surface area contributed by atoms with E-state index in [4.69, 9.17) is 0 Å². The van der Waals surface area contributed by atoms with E-state index < -0.39 is 0 Å². The number of thiophene rings is 1. The maximum atomic E-state index is 3.62. The SMILES string of the molecule is CCCNC(c1ccc(I)cc1)c1cccs1. The normalized spacial score (nSPS) is 12.6. The maximum Gasteiger partial charge on any atom is 0.0671 e. The molecule has 0 aliphatic carbocycles. The summed E-state index contributed by atoms with van der Waals surface area (Å²) in [7, 11) is 0. The molecule has 0 bridgehead atoms. The lowest BCUT2D eigenvalue weighted by atomic mass is 10.1. The van der Waals surface area contributed by atoms with Crippen LogP contribution >= 0.6 is 33.9 Å². The van der Waals surface area contributed by atoms with Crippen LogP contribution in [0.25, 0.3) is 0 Å². The molecule has 1 aromatic carbocycles. The molecular formula is C14H16INS. The molecule has 0 aliphatic heterocycles. The first-order chi connectivity index (χ1) is 8.31. The smallest absolute Gasteiger partial charge is 0.0671 e. The first-order valence-electron chi connectivity index (χ1n) is 5.83. The Kier molecular flexibility index (Phi) is 5.00. The third kappa shape index (κ3) is 3.53. The molecule has 1 unspecified atom stereocenters. The first-order valence-corrected chi connectivity index (χ1v) is 7.79. The summed E-state index contributed by atoms with van der Waals surface area (Å²) in [6.07, 6.45) is 1.16. The van der Waals surface area contributed by atoms with E-state index >= 15 is 0 Å². The molecule has 17 heavy (non-hydrogen) atoms. The highest BCUT2D eigenvalue weighted by Crippen LogP contribution is 2.26. The fourth-order valence-corrected chi connectivity index (χ4v) is 2.97. The van der Waals surface area contributed by atoms with Crippen LogP contribution in [-0.4, -0.2) is 6.54 Å². The van der Waals surface area contributed by atoms with Crippen molar-refractivity contribution in [2.75, 3.05) is 6.54 Å². The van der Waals surface area contributed by atoms with Gasteiger partial charge in [-0.15, -0.1) is 11.3 Å². The van der Waals surface area contributed by atoms with Crippen molar-refractivity contribution in [3.63, 3.8) is 0 Å². The average molecular weight is 357 g/mol. The lowest BCUT2D eigenvalue weighted by Crippen LogP contribution is -2.22. The van der Waals surface area contributed by atoms with Gasteiger partial charge in [0.15, 0.2) is 0 Å². The minimum Gasteiger partial charge on any atom is -0.306 e. The second-order valence-electron chi connectivity index (χ2n) is 3.95. The van der Waals surface area contributed by atoms with Crippen LogP contribution in [0.4, 0.5) is 0 Å². The van der Waals surface area contributed by atoms with Gasteiger partial charge in [-0.05, 0) is 64.7 Å². The number of hydrogen-bond donors (Lipinski definition) is 1. The van der Waals surface area contributed by atoms with Crippen LogP contribution in [0.2, 0.25) is 0 Å². The summed E-state index contributed by atoms with van der Waals surface area (Å²) in [5.41, 5.74) is 1.35. The summed E-state index contributed by atoms with van der Waals surface area (Å²) in [5, 5.41) is 5.76. The lowest BCUT2D eigenvalue weighted by molar-refractivity contribution is 0.606. The van der Waals surface area contributed by atoms with E-state index in [0.29, 0.717) is 6.04 Å². The van der Waals surface area contributed by atoms with Crippen molar-refractivity contribution in [2.24, 2.45) is 0 Å². The summed E-state index contributed by atoms with van der Waals surface area (Å²) in [6.45, 7) is 3.25. The molecule has 2 aromatic rings. The molecule has 1 heterocycles. The monoisotopic (exact) mass is 357 g/mol. The van der Waals surface area contributed by atoms with Gasteiger partial charge in [0.2, 0.25) is 0 Å². The van der Waals surface area contributed by atoms with Gasteiger partial charge < -0.3 is 5.32 Å². The fourth-order valence-electron chi connectivity index (χ4n) is 1.78. The molecule has 0 saturated heterocycles. The number of rotatable bonds is 5. The maximum absolute atomic E-state index is 3.62.